The van der Waals surface area contributed by atoms with Crippen LogP contribution in [0.5, 0.6) is 0 Å². The Balaban J connectivity index is 1.80. The molecule has 3 unspecified atom stereocenters. The Labute approximate surface area is 106 Å². The van der Waals surface area contributed by atoms with Crippen LogP contribution in [-0.2, 0) is 0 Å². The SMILES string of the molecule is CC1CCC(NCC2(O)CCCCCC2)C1C. The summed E-state index contributed by atoms with van der Waals surface area (Å²) < 4.78 is 0. The Kier molecular flexibility index (Phi) is 4.48. The summed E-state index contributed by atoms with van der Waals surface area (Å²) in [6.45, 7) is 5.52. The normalized spacial score (nSPS) is 37.9. The third-order valence-corrected chi connectivity index (χ3v) is 5.19. The molecule has 0 aliphatic heterocycles. The lowest BCUT2D eigenvalue weighted by molar-refractivity contribution is 0.0215. The van der Waals surface area contributed by atoms with Crippen LogP contribution in [0.3, 0.4) is 0 Å². The fourth-order valence-corrected chi connectivity index (χ4v) is 3.54. The third kappa shape index (κ3) is 3.45. The molecule has 0 bridgehead atoms. The van der Waals surface area contributed by atoms with Crippen LogP contribution < -0.4 is 5.32 Å². The highest BCUT2D eigenvalue weighted by molar-refractivity contribution is 4.89. The molecule has 0 amide bonds. The van der Waals surface area contributed by atoms with Crippen molar-refractivity contribution >= 4 is 0 Å². The predicted octanol–water partition coefficient (Wildman–Crippen LogP) is 3.10. The monoisotopic (exact) mass is 239 g/mol. The second-order valence-corrected chi connectivity index (χ2v) is 6.54. The molecule has 0 aromatic heterocycles. The molecule has 2 aliphatic rings. The van der Waals surface area contributed by atoms with Crippen LogP contribution in [0.25, 0.3) is 0 Å². The van der Waals surface area contributed by atoms with Crippen molar-refractivity contribution < 1.29 is 5.11 Å². The minimum absolute atomic E-state index is 0.415. The van der Waals surface area contributed by atoms with E-state index in [1.807, 2.05) is 0 Å². The molecule has 0 aromatic rings. The second kappa shape index (κ2) is 5.71. The average Bonchev–Trinajstić information content (AvgIpc) is 2.53. The molecule has 2 nitrogen and oxygen atoms in total. The molecule has 2 saturated carbocycles. The Bertz CT molecular complexity index is 233. The van der Waals surface area contributed by atoms with Gasteiger partial charge in [0.15, 0.2) is 0 Å². The molecule has 2 rings (SSSR count). The first kappa shape index (κ1) is 13.4. The van der Waals surface area contributed by atoms with E-state index in [0.29, 0.717) is 6.04 Å². The molecule has 2 aliphatic carbocycles. The van der Waals surface area contributed by atoms with Crippen LogP contribution in [0.15, 0.2) is 0 Å². The van der Waals surface area contributed by atoms with E-state index in [2.05, 4.69) is 19.2 Å². The molecule has 0 aromatic carbocycles. The van der Waals surface area contributed by atoms with E-state index >= 15 is 0 Å². The van der Waals surface area contributed by atoms with Crippen molar-refractivity contribution in [1.29, 1.82) is 0 Å². The smallest absolute Gasteiger partial charge is 0.0771 e. The van der Waals surface area contributed by atoms with E-state index < -0.39 is 5.60 Å². The maximum atomic E-state index is 10.6. The average molecular weight is 239 g/mol. The topological polar surface area (TPSA) is 32.3 Å². The van der Waals surface area contributed by atoms with Crippen molar-refractivity contribution in [3.05, 3.63) is 0 Å². The van der Waals surface area contributed by atoms with E-state index in [9.17, 15) is 5.11 Å². The summed E-state index contributed by atoms with van der Waals surface area (Å²) in [7, 11) is 0. The van der Waals surface area contributed by atoms with Crippen LogP contribution in [0.2, 0.25) is 0 Å². The van der Waals surface area contributed by atoms with Crippen LogP contribution in [0.4, 0.5) is 0 Å². The molecular weight excluding hydrogens is 210 g/mol. The summed E-state index contributed by atoms with van der Waals surface area (Å²) in [6, 6.07) is 0.636. The summed E-state index contributed by atoms with van der Waals surface area (Å²) in [5.41, 5.74) is -0.415. The van der Waals surface area contributed by atoms with Crippen LogP contribution >= 0.6 is 0 Å². The molecule has 2 N–H and O–H groups in total. The van der Waals surface area contributed by atoms with Gasteiger partial charge in [-0.05, 0) is 37.5 Å². The molecule has 3 atom stereocenters. The van der Waals surface area contributed by atoms with E-state index in [-0.39, 0.29) is 0 Å². The highest BCUT2D eigenvalue weighted by atomic mass is 16.3. The third-order valence-electron chi connectivity index (χ3n) is 5.19. The summed E-state index contributed by atoms with van der Waals surface area (Å²) >= 11 is 0. The van der Waals surface area contributed by atoms with Crippen molar-refractivity contribution in [3.8, 4) is 0 Å². The van der Waals surface area contributed by atoms with Gasteiger partial charge in [-0.2, -0.15) is 0 Å². The highest BCUT2D eigenvalue weighted by Gasteiger charge is 2.33. The van der Waals surface area contributed by atoms with Crippen molar-refractivity contribution in [2.45, 2.75) is 76.9 Å². The summed E-state index contributed by atoms with van der Waals surface area (Å²) in [5.74, 6) is 1.61. The molecule has 2 fully saturated rings. The van der Waals surface area contributed by atoms with Gasteiger partial charge in [0, 0.05) is 12.6 Å². The van der Waals surface area contributed by atoms with Crippen molar-refractivity contribution in [1.82, 2.24) is 5.32 Å². The fraction of sp³-hybridized carbons (Fsp3) is 1.00. The van der Waals surface area contributed by atoms with Crippen LogP contribution in [-0.4, -0.2) is 23.3 Å². The first-order valence-electron chi connectivity index (χ1n) is 7.56. The minimum Gasteiger partial charge on any atom is -0.389 e. The van der Waals surface area contributed by atoms with Gasteiger partial charge >= 0.3 is 0 Å². The minimum atomic E-state index is -0.415. The maximum absolute atomic E-state index is 10.6. The number of aliphatic hydroxyl groups is 1. The molecule has 0 heterocycles. The van der Waals surface area contributed by atoms with Gasteiger partial charge in [-0.3, -0.25) is 0 Å². The number of hydrogen-bond acceptors (Lipinski definition) is 2. The molecule has 0 radical (unpaired) electrons. The molecule has 0 spiro atoms. The first-order valence-corrected chi connectivity index (χ1v) is 7.56. The number of hydrogen-bond donors (Lipinski definition) is 2. The van der Waals surface area contributed by atoms with E-state index in [1.165, 1.54) is 38.5 Å². The molecular formula is C15H29NO. The Hall–Kier alpha value is -0.0800. The lowest BCUT2D eigenvalue weighted by Crippen LogP contribution is -2.45. The molecule has 2 heteroatoms. The van der Waals surface area contributed by atoms with Gasteiger partial charge < -0.3 is 10.4 Å². The maximum Gasteiger partial charge on any atom is 0.0771 e. The number of nitrogens with one attached hydrogen (secondary N) is 1. The van der Waals surface area contributed by atoms with E-state index in [4.69, 9.17) is 0 Å². The van der Waals surface area contributed by atoms with Crippen molar-refractivity contribution in [2.24, 2.45) is 11.8 Å². The van der Waals surface area contributed by atoms with Gasteiger partial charge in [-0.1, -0.05) is 39.5 Å². The largest absolute Gasteiger partial charge is 0.389 e. The summed E-state index contributed by atoms with van der Waals surface area (Å²) in [6.07, 6.45) is 9.64. The summed E-state index contributed by atoms with van der Waals surface area (Å²) in [5, 5.41) is 14.3. The Morgan fingerprint density at radius 3 is 2.24 bits per heavy atom. The van der Waals surface area contributed by atoms with Crippen LogP contribution in [0.1, 0.15) is 65.2 Å². The molecule has 17 heavy (non-hydrogen) atoms. The number of rotatable bonds is 3. The zero-order valence-corrected chi connectivity index (χ0v) is 11.5. The zero-order valence-electron chi connectivity index (χ0n) is 11.5. The van der Waals surface area contributed by atoms with Crippen molar-refractivity contribution in [3.63, 3.8) is 0 Å². The highest BCUT2D eigenvalue weighted by Crippen LogP contribution is 2.32. The predicted molar refractivity (Wildman–Crippen MR) is 72.0 cm³/mol. The molecule has 100 valence electrons. The van der Waals surface area contributed by atoms with Gasteiger partial charge in [0.25, 0.3) is 0 Å². The molecule has 0 saturated heterocycles. The van der Waals surface area contributed by atoms with E-state index in [1.54, 1.807) is 0 Å². The van der Waals surface area contributed by atoms with E-state index in [0.717, 1.165) is 31.2 Å². The van der Waals surface area contributed by atoms with Gasteiger partial charge in [0.1, 0.15) is 0 Å². The first-order chi connectivity index (χ1) is 8.11. The summed E-state index contributed by atoms with van der Waals surface area (Å²) in [4.78, 5) is 0. The lowest BCUT2D eigenvalue weighted by Gasteiger charge is -2.30. The van der Waals surface area contributed by atoms with Gasteiger partial charge in [-0.25, -0.2) is 0 Å². The zero-order chi connectivity index (χ0) is 12.3. The Morgan fingerprint density at radius 1 is 1.06 bits per heavy atom. The van der Waals surface area contributed by atoms with Gasteiger partial charge in [0.2, 0.25) is 0 Å². The van der Waals surface area contributed by atoms with Crippen LogP contribution in [0, 0.1) is 11.8 Å². The lowest BCUT2D eigenvalue weighted by atomic mass is 9.93. The van der Waals surface area contributed by atoms with Crippen molar-refractivity contribution in [2.75, 3.05) is 6.54 Å². The Morgan fingerprint density at radius 2 is 1.71 bits per heavy atom. The standard InChI is InChI=1S/C15H29NO/c1-12-7-8-14(13(12)2)16-11-15(17)9-5-3-4-6-10-15/h12-14,16-17H,3-11H2,1-2H3. The van der Waals surface area contributed by atoms with Gasteiger partial charge in [0.05, 0.1) is 5.60 Å². The second-order valence-electron chi connectivity index (χ2n) is 6.54. The fourth-order valence-electron chi connectivity index (χ4n) is 3.54. The van der Waals surface area contributed by atoms with Gasteiger partial charge in [-0.15, -0.1) is 0 Å². The quantitative estimate of drug-likeness (QED) is 0.742.